The Labute approximate surface area is 91.5 Å². The molecule has 0 saturated carbocycles. The Kier molecular flexibility index (Phi) is 2.81. The molecule has 16 heavy (non-hydrogen) atoms. The molecule has 3 N–H and O–H groups in total. The first-order chi connectivity index (χ1) is 7.75. The van der Waals surface area contributed by atoms with E-state index in [2.05, 4.69) is 20.0 Å². The highest BCUT2D eigenvalue weighted by Gasteiger charge is 2.06. The van der Waals surface area contributed by atoms with Crippen LogP contribution < -0.4 is 11.1 Å². The summed E-state index contributed by atoms with van der Waals surface area (Å²) in [5, 5.41) is 6.36. The van der Waals surface area contributed by atoms with Crippen molar-refractivity contribution >= 4 is 11.7 Å². The minimum Gasteiger partial charge on any atom is -0.384 e. The Balaban J connectivity index is 1.98. The fraction of sp³-hybridized carbons (Fsp3) is 0.100. The minimum atomic E-state index is -0.225. The summed E-state index contributed by atoms with van der Waals surface area (Å²) < 4.78 is 4.64. The number of hydrogen-bond donors (Lipinski definition) is 2. The molecular weight excluding hydrogens is 208 g/mol. The SMILES string of the molecule is Nc1cc(C(=O)NCc2ccon2)ccn1. The van der Waals surface area contributed by atoms with Gasteiger partial charge in [-0.3, -0.25) is 4.79 Å². The molecule has 2 heterocycles. The van der Waals surface area contributed by atoms with E-state index in [4.69, 9.17) is 5.73 Å². The zero-order valence-corrected chi connectivity index (χ0v) is 8.38. The standard InChI is InChI=1S/C10H10N4O2/c11-9-5-7(1-3-12-9)10(15)13-6-8-2-4-16-14-8/h1-5H,6H2,(H2,11,12)(H,13,15). The Morgan fingerprint density at radius 1 is 1.50 bits per heavy atom. The molecule has 0 aliphatic rings. The summed E-state index contributed by atoms with van der Waals surface area (Å²) in [4.78, 5) is 15.4. The van der Waals surface area contributed by atoms with Crippen LogP contribution in [0.3, 0.4) is 0 Å². The van der Waals surface area contributed by atoms with Crippen LogP contribution in [0.2, 0.25) is 0 Å². The number of pyridine rings is 1. The van der Waals surface area contributed by atoms with Crippen LogP contribution >= 0.6 is 0 Å². The van der Waals surface area contributed by atoms with Crippen molar-refractivity contribution in [1.82, 2.24) is 15.5 Å². The average Bonchev–Trinajstić information content (AvgIpc) is 2.78. The maximum absolute atomic E-state index is 11.6. The van der Waals surface area contributed by atoms with E-state index in [-0.39, 0.29) is 5.91 Å². The smallest absolute Gasteiger partial charge is 0.251 e. The summed E-state index contributed by atoms with van der Waals surface area (Å²) in [6.07, 6.45) is 2.94. The van der Waals surface area contributed by atoms with E-state index in [1.165, 1.54) is 18.5 Å². The van der Waals surface area contributed by atoms with E-state index in [0.717, 1.165) is 0 Å². The van der Waals surface area contributed by atoms with E-state index >= 15 is 0 Å². The quantitative estimate of drug-likeness (QED) is 0.785. The molecule has 6 nitrogen and oxygen atoms in total. The van der Waals surface area contributed by atoms with Gasteiger partial charge in [-0.05, 0) is 12.1 Å². The van der Waals surface area contributed by atoms with Crippen molar-refractivity contribution in [3.8, 4) is 0 Å². The molecule has 0 aromatic carbocycles. The van der Waals surface area contributed by atoms with Crippen molar-refractivity contribution in [2.75, 3.05) is 5.73 Å². The van der Waals surface area contributed by atoms with Crippen LogP contribution in [0.25, 0.3) is 0 Å². The van der Waals surface area contributed by atoms with Gasteiger partial charge in [0, 0.05) is 17.8 Å². The zero-order valence-electron chi connectivity index (χ0n) is 8.38. The van der Waals surface area contributed by atoms with Gasteiger partial charge in [0.15, 0.2) is 0 Å². The maximum Gasteiger partial charge on any atom is 0.251 e. The van der Waals surface area contributed by atoms with Crippen molar-refractivity contribution in [3.05, 3.63) is 41.9 Å². The highest BCUT2D eigenvalue weighted by molar-refractivity contribution is 5.94. The number of nitrogens with one attached hydrogen (secondary N) is 1. The van der Waals surface area contributed by atoms with Crippen LogP contribution in [0.15, 0.2) is 35.2 Å². The van der Waals surface area contributed by atoms with Gasteiger partial charge in [-0.2, -0.15) is 0 Å². The van der Waals surface area contributed by atoms with Crippen molar-refractivity contribution in [3.63, 3.8) is 0 Å². The lowest BCUT2D eigenvalue weighted by Crippen LogP contribution is -2.23. The first-order valence-corrected chi connectivity index (χ1v) is 4.64. The average molecular weight is 218 g/mol. The molecule has 0 aliphatic heterocycles. The second-order valence-electron chi connectivity index (χ2n) is 3.14. The normalized spacial score (nSPS) is 10.0. The highest BCUT2D eigenvalue weighted by atomic mass is 16.5. The number of aromatic nitrogens is 2. The fourth-order valence-electron chi connectivity index (χ4n) is 1.19. The number of nitrogens with two attached hydrogens (primary N) is 1. The lowest BCUT2D eigenvalue weighted by Gasteiger charge is -2.02. The van der Waals surface area contributed by atoms with Gasteiger partial charge in [0.2, 0.25) is 0 Å². The summed E-state index contributed by atoms with van der Waals surface area (Å²) in [7, 11) is 0. The summed E-state index contributed by atoms with van der Waals surface area (Å²) >= 11 is 0. The molecule has 2 rings (SSSR count). The molecular formula is C10H10N4O2. The van der Waals surface area contributed by atoms with E-state index in [0.29, 0.717) is 23.6 Å². The molecule has 0 radical (unpaired) electrons. The fourth-order valence-corrected chi connectivity index (χ4v) is 1.19. The Bertz CT molecular complexity index is 481. The Morgan fingerprint density at radius 2 is 2.38 bits per heavy atom. The van der Waals surface area contributed by atoms with Crippen LogP contribution in [0.5, 0.6) is 0 Å². The van der Waals surface area contributed by atoms with Crippen LogP contribution in [-0.4, -0.2) is 16.0 Å². The summed E-state index contributed by atoms with van der Waals surface area (Å²) in [5.74, 6) is 0.0891. The summed E-state index contributed by atoms with van der Waals surface area (Å²) in [5.41, 5.74) is 6.60. The summed E-state index contributed by atoms with van der Waals surface area (Å²) in [6.45, 7) is 0.317. The van der Waals surface area contributed by atoms with Gasteiger partial charge in [0.25, 0.3) is 5.91 Å². The molecule has 82 valence electrons. The largest absolute Gasteiger partial charge is 0.384 e. The van der Waals surface area contributed by atoms with Crippen molar-refractivity contribution < 1.29 is 9.32 Å². The molecule has 0 fully saturated rings. The maximum atomic E-state index is 11.6. The number of hydrogen-bond acceptors (Lipinski definition) is 5. The van der Waals surface area contributed by atoms with Crippen LogP contribution in [0, 0.1) is 0 Å². The number of carbonyl (C=O) groups is 1. The molecule has 0 aliphatic carbocycles. The van der Waals surface area contributed by atoms with Gasteiger partial charge in [-0.25, -0.2) is 4.98 Å². The first kappa shape index (κ1) is 10.2. The zero-order chi connectivity index (χ0) is 11.4. The molecule has 1 amide bonds. The van der Waals surface area contributed by atoms with E-state index in [1.54, 1.807) is 12.1 Å². The number of anilines is 1. The third kappa shape index (κ3) is 2.35. The lowest BCUT2D eigenvalue weighted by molar-refractivity contribution is 0.0950. The van der Waals surface area contributed by atoms with E-state index < -0.39 is 0 Å². The third-order valence-corrected chi connectivity index (χ3v) is 1.96. The molecule has 0 saturated heterocycles. The van der Waals surface area contributed by atoms with Gasteiger partial charge in [-0.1, -0.05) is 5.16 Å². The predicted octanol–water partition coefficient (Wildman–Crippen LogP) is 0.582. The molecule has 0 spiro atoms. The van der Waals surface area contributed by atoms with Crippen molar-refractivity contribution in [2.45, 2.75) is 6.54 Å². The van der Waals surface area contributed by atoms with E-state index in [1.807, 2.05) is 0 Å². The van der Waals surface area contributed by atoms with Crippen LogP contribution in [0.4, 0.5) is 5.82 Å². The van der Waals surface area contributed by atoms with E-state index in [9.17, 15) is 4.79 Å². The number of nitrogens with zero attached hydrogens (tertiary/aromatic N) is 2. The topological polar surface area (TPSA) is 94.0 Å². The first-order valence-electron chi connectivity index (χ1n) is 4.64. The molecule has 2 aromatic heterocycles. The highest BCUT2D eigenvalue weighted by Crippen LogP contribution is 2.03. The number of rotatable bonds is 3. The van der Waals surface area contributed by atoms with Gasteiger partial charge < -0.3 is 15.6 Å². The minimum absolute atomic E-state index is 0.225. The second-order valence-corrected chi connectivity index (χ2v) is 3.14. The van der Waals surface area contributed by atoms with Crippen molar-refractivity contribution in [1.29, 1.82) is 0 Å². The van der Waals surface area contributed by atoms with Gasteiger partial charge in [0.1, 0.15) is 17.8 Å². The molecule has 2 aromatic rings. The number of carbonyl (C=O) groups excluding carboxylic acids is 1. The monoisotopic (exact) mass is 218 g/mol. The lowest BCUT2D eigenvalue weighted by atomic mass is 10.2. The Morgan fingerprint density at radius 3 is 3.06 bits per heavy atom. The molecule has 0 bridgehead atoms. The van der Waals surface area contributed by atoms with Gasteiger partial charge in [-0.15, -0.1) is 0 Å². The predicted molar refractivity (Wildman–Crippen MR) is 56.3 cm³/mol. The number of nitrogen functional groups attached to an aromatic ring is 1. The van der Waals surface area contributed by atoms with Gasteiger partial charge in [0.05, 0.1) is 6.54 Å². The van der Waals surface area contributed by atoms with Crippen LogP contribution in [-0.2, 0) is 6.54 Å². The third-order valence-electron chi connectivity index (χ3n) is 1.96. The second kappa shape index (κ2) is 4.43. The molecule has 0 unspecified atom stereocenters. The van der Waals surface area contributed by atoms with Crippen molar-refractivity contribution in [2.24, 2.45) is 0 Å². The van der Waals surface area contributed by atoms with Gasteiger partial charge >= 0.3 is 0 Å². The molecule has 6 heteroatoms. The Hall–Kier alpha value is -2.37. The summed E-state index contributed by atoms with van der Waals surface area (Å²) in [6, 6.07) is 4.79. The van der Waals surface area contributed by atoms with Crippen LogP contribution in [0.1, 0.15) is 16.1 Å². The number of amides is 1. The molecule has 0 atom stereocenters.